The molecule has 3 aromatic rings. The number of halogens is 2. The summed E-state index contributed by atoms with van der Waals surface area (Å²) in [5, 5.41) is 14.0. The third kappa shape index (κ3) is 5.22. The second-order valence-electron chi connectivity index (χ2n) is 7.97. The number of rotatable bonds is 7. The number of nitrogens with one attached hydrogen (secondary N) is 2. The van der Waals surface area contributed by atoms with E-state index in [1.54, 1.807) is 28.8 Å². The standard InChI is InChI=1S/C23H21F2N7O4/c1-2-36-15-4-6-31-12-18(29-19(31)7-15)22(35)30-17-10-27-5-3-16(17)21(34)28-11-20(33)32-13-23(24,25)8-14(32)9-26/h3-7,10,12,14H,2,8,11,13H2,1H3,(H,28,34)(H,30,35). The Morgan fingerprint density at radius 1 is 1.31 bits per heavy atom. The second kappa shape index (κ2) is 9.95. The van der Waals surface area contributed by atoms with E-state index < -0.39 is 49.2 Å². The van der Waals surface area contributed by atoms with Crippen LogP contribution >= 0.6 is 0 Å². The lowest BCUT2D eigenvalue weighted by atomic mass is 10.2. The number of ether oxygens (including phenoxy) is 1. The maximum Gasteiger partial charge on any atom is 0.275 e. The van der Waals surface area contributed by atoms with Gasteiger partial charge in [0.15, 0.2) is 0 Å². The fraction of sp³-hybridized carbons (Fsp3) is 0.304. The maximum atomic E-state index is 13.6. The van der Waals surface area contributed by atoms with Crippen molar-refractivity contribution in [3.05, 3.63) is 54.2 Å². The van der Waals surface area contributed by atoms with Gasteiger partial charge in [-0.1, -0.05) is 0 Å². The maximum absolute atomic E-state index is 13.6. The molecule has 1 atom stereocenters. The zero-order chi connectivity index (χ0) is 25.9. The lowest BCUT2D eigenvalue weighted by Crippen LogP contribution is -2.43. The van der Waals surface area contributed by atoms with Crippen LogP contribution in [0.2, 0.25) is 0 Å². The third-order valence-electron chi connectivity index (χ3n) is 5.43. The smallest absolute Gasteiger partial charge is 0.275 e. The van der Waals surface area contributed by atoms with Crippen LogP contribution in [0.15, 0.2) is 43.0 Å². The molecule has 0 spiro atoms. The average molecular weight is 497 g/mol. The van der Waals surface area contributed by atoms with Crippen molar-refractivity contribution in [3.8, 4) is 11.8 Å². The van der Waals surface area contributed by atoms with Crippen LogP contribution in [0.25, 0.3) is 5.65 Å². The van der Waals surface area contributed by atoms with E-state index in [2.05, 4.69) is 20.6 Å². The first-order valence-electron chi connectivity index (χ1n) is 10.9. The number of imidazole rings is 1. The van der Waals surface area contributed by atoms with Gasteiger partial charge in [-0.25, -0.2) is 13.8 Å². The highest BCUT2D eigenvalue weighted by atomic mass is 19.3. The number of nitrogens with zero attached hydrogens (tertiary/aromatic N) is 5. The number of alkyl halides is 2. The fourth-order valence-electron chi connectivity index (χ4n) is 3.75. The molecule has 13 heteroatoms. The number of hydrogen-bond donors (Lipinski definition) is 2. The molecule has 0 saturated carbocycles. The molecule has 1 fully saturated rings. The minimum Gasteiger partial charge on any atom is -0.494 e. The van der Waals surface area contributed by atoms with Gasteiger partial charge in [-0.2, -0.15) is 5.26 Å². The van der Waals surface area contributed by atoms with Gasteiger partial charge in [0.05, 0.1) is 43.2 Å². The van der Waals surface area contributed by atoms with E-state index in [4.69, 9.17) is 10.00 Å². The average Bonchev–Trinajstić information content (AvgIpc) is 3.42. The first-order valence-corrected chi connectivity index (χ1v) is 10.9. The Balaban J connectivity index is 1.43. The van der Waals surface area contributed by atoms with Gasteiger partial charge in [0, 0.05) is 31.1 Å². The zero-order valence-electron chi connectivity index (χ0n) is 19.1. The lowest BCUT2D eigenvalue weighted by Gasteiger charge is -2.19. The highest BCUT2D eigenvalue weighted by Crippen LogP contribution is 2.31. The molecule has 3 amide bonds. The number of aromatic nitrogens is 3. The number of carbonyl (C=O) groups excluding carboxylic acids is 3. The van der Waals surface area contributed by atoms with E-state index >= 15 is 0 Å². The molecule has 0 bridgehead atoms. The SMILES string of the molecule is CCOc1ccn2cc(C(=O)Nc3cnccc3C(=O)NCC(=O)N3CC(F)(F)CC3C#N)nc2c1. The van der Waals surface area contributed by atoms with Crippen molar-refractivity contribution in [1.29, 1.82) is 5.26 Å². The molecule has 36 heavy (non-hydrogen) atoms. The van der Waals surface area contributed by atoms with Crippen LogP contribution in [0.3, 0.4) is 0 Å². The van der Waals surface area contributed by atoms with Crippen LogP contribution in [-0.2, 0) is 4.79 Å². The van der Waals surface area contributed by atoms with Crippen LogP contribution in [0.4, 0.5) is 14.5 Å². The van der Waals surface area contributed by atoms with E-state index in [9.17, 15) is 23.2 Å². The summed E-state index contributed by atoms with van der Waals surface area (Å²) >= 11 is 0. The molecule has 2 N–H and O–H groups in total. The minimum atomic E-state index is -3.16. The van der Waals surface area contributed by atoms with Gasteiger partial charge in [-0.05, 0) is 19.1 Å². The molecule has 0 aliphatic carbocycles. The van der Waals surface area contributed by atoms with Crippen molar-refractivity contribution >= 4 is 29.1 Å². The molecule has 1 aliphatic heterocycles. The first kappa shape index (κ1) is 24.5. The van der Waals surface area contributed by atoms with Gasteiger partial charge >= 0.3 is 0 Å². The monoisotopic (exact) mass is 497 g/mol. The quantitative estimate of drug-likeness (QED) is 0.508. The zero-order valence-corrected chi connectivity index (χ0v) is 19.1. The molecule has 1 unspecified atom stereocenters. The van der Waals surface area contributed by atoms with E-state index in [0.29, 0.717) is 18.0 Å². The fourth-order valence-corrected chi connectivity index (χ4v) is 3.75. The molecule has 4 rings (SSSR count). The number of hydrogen-bond acceptors (Lipinski definition) is 7. The molecule has 0 radical (unpaired) electrons. The topological polar surface area (TPSA) is 142 Å². The minimum absolute atomic E-state index is 0.00266. The van der Waals surface area contributed by atoms with Crippen molar-refractivity contribution < 1.29 is 27.9 Å². The van der Waals surface area contributed by atoms with E-state index in [1.807, 2.05) is 6.92 Å². The Kier molecular flexibility index (Phi) is 6.77. The lowest BCUT2D eigenvalue weighted by molar-refractivity contribution is -0.131. The molecule has 186 valence electrons. The first-order chi connectivity index (χ1) is 17.2. The summed E-state index contributed by atoms with van der Waals surface area (Å²) in [7, 11) is 0. The normalized spacial score (nSPS) is 16.4. The Morgan fingerprint density at radius 2 is 2.11 bits per heavy atom. The van der Waals surface area contributed by atoms with Crippen molar-refractivity contribution in [2.75, 3.05) is 25.0 Å². The Morgan fingerprint density at radius 3 is 2.86 bits per heavy atom. The molecular formula is C23H21F2N7O4. The van der Waals surface area contributed by atoms with Crippen LogP contribution in [0.5, 0.6) is 5.75 Å². The van der Waals surface area contributed by atoms with Crippen LogP contribution < -0.4 is 15.4 Å². The number of carbonyl (C=O) groups is 3. The van der Waals surface area contributed by atoms with Gasteiger partial charge in [-0.3, -0.25) is 19.4 Å². The number of likely N-dealkylation sites (tertiary alicyclic amines) is 1. The van der Waals surface area contributed by atoms with E-state index in [0.717, 1.165) is 4.90 Å². The van der Waals surface area contributed by atoms with Crippen LogP contribution in [0, 0.1) is 11.3 Å². The van der Waals surface area contributed by atoms with Crippen molar-refractivity contribution in [2.45, 2.75) is 25.3 Å². The molecule has 3 aromatic heterocycles. The van der Waals surface area contributed by atoms with E-state index in [-0.39, 0.29) is 16.9 Å². The van der Waals surface area contributed by atoms with Gasteiger partial charge in [0.2, 0.25) is 5.91 Å². The van der Waals surface area contributed by atoms with Crippen molar-refractivity contribution in [2.24, 2.45) is 0 Å². The van der Waals surface area contributed by atoms with Crippen molar-refractivity contribution in [1.82, 2.24) is 24.6 Å². The van der Waals surface area contributed by atoms with Crippen molar-refractivity contribution in [3.63, 3.8) is 0 Å². The van der Waals surface area contributed by atoms with Gasteiger partial charge in [0.1, 0.15) is 23.1 Å². The predicted molar refractivity (Wildman–Crippen MR) is 122 cm³/mol. The summed E-state index contributed by atoms with van der Waals surface area (Å²) in [6.07, 6.45) is 5.02. The highest BCUT2D eigenvalue weighted by Gasteiger charge is 2.47. The highest BCUT2D eigenvalue weighted by molar-refractivity contribution is 6.08. The van der Waals surface area contributed by atoms with Gasteiger partial charge in [0.25, 0.3) is 17.7 Å². The van der Waals surface area contributed by atoms with Gasteiger partial charge < -0.3 is 24.7 Å². The summed E-state index contributed by atoms with van der Waals surface area (Å²) in [6, 6.07) is 5.14. The van der Waals surface area contributed by atoms with E-state index in [1.165, 1.54) is 24.7 Å². The summed E-state index contributed by atoms with van der Waals surface area (Å²) in [4.78, 5) is 46.8. The summed E-state index contributed by atoms with van der Waals surface area (Å²) < 4.78 is 34.3. The molecule has 1 saturated heterocycles. The molecular weight excluding hydrogens is 476 g/mol. The number of fused-ring (bicyclic) bond motifs is 1. The summed E-state index contributed by atoms with van der Waals surface area (Å²) in [6.45, 7) is 0.837. The summed E-state index contributed by atoms with van der Waals surface area (Å²) in [5.74, 6) is -4.72. The predicted octanol–water partition coefficient (Wildman–Crippen LogP) is 1.87. The van der Waals surface area contributed by atoms with Gasteiger partial charge in [-0.15, -0.1) is 0 Å². The molecule has 4 heterocycles. The van der Waals surface area contributed by atoms with Crippen LogP contribution in [0.1, 0.15) is 34.2 Å². The summed E-state index contributed by atoms with van der Waals surface area (Å²) in [5.41, 5.74) is 0.614. The molecule has 11 nitrogen and oxygen atoms in total. The Hall–Kier alpha value is -4.60. The van der Waals surface area contributed by atoms with Crippen LogP contribution in [-0.4, -0.2) is 68.7 Å². The molecule has 0 aromatic carbocycles. The molecule has 1 aliphatic rings. The number of nitriles is 1. The Labute approximate surface area is 203 Å². The second-order valence-corrected chi connectivity index (χ2v) is 7.97. The number of pyridine rings is 2. The largest absolute Gasteiger partial charge is 0.494 e. The third-order valence-corrected chi connectivity index (χ3v) is 5.43. The number of amides is 3. The Bertz CT molecular complexity index is 1370. The number of anilines is 1.